The van der Waals surface area contributed by atoms with Crippen molar-refractivity contribution in [1.82, 2.24) is 14.3 Å². The Morgan fingerprint density at radius 2 is 2.20 bits per heavy atom. The van der Waals surface area contributed by atoms with E-state index in [1.807, 2.05) is 12.1 Å². The molecule has 0 saturated carbocycles. The van der Waals surface area contributed by atoms with E-state index in [0.717, 1.165) is 25.9 Å². The zero-order valence-electron chi connectivity index (χ0n) is 17.0. The van der Waals surface area contributed by atoms with Crippen molar-refractivity contribution in [1.29, 1.82) is 0 Å². The van der Waals surface area contributed by atoms with E-state index in [1.165, 1.54) is 21.1 Å². The van der Waals surface area contributed by atoms with Crippen LogP contribution in [0, 0.1) is 5.92 Å². The van der Waals surface area contributed by atoms with Gasteiger partial charge in [-0.1, -0.05) is 37.0 Å². The van der Waals surface area contributed by atoms with Crippen LogP contribution in [-0.4, -0.2) is 57.9 Å². The van der Waals surface area contributed by atoms with Crippen LogP contribution in [-0.2, 0) is 9.53 Å². The largest absolute Gasteiger partial charge is 0.383 e. The van der Waals surface area contributed by atoms with E-state index < -0.39 is 0 Å². The Balaban J connectivity index is 1.81. The van der Waals surface area contributed by atoms with Crippen LogP contribution in [0.5, 0.6) is 0 Å². The Hall–Kier alpha value is -2.23. The lowest BCUT2D eigenvalue weighted by Gasteiger charge is -2.32. The molecule has 0 aromatic carbocycles. The van der Waals surface area contributed by atoms with Gasteiger partial charge < -0.3 is 9.64 Å². The van der Waals surface area contributed by atoms with Gasteiger partial charge in [-0.3, -0.25) is 18.9 Å². The quantitative estimate of drug-likeness (QED) is 0.519. The van der Waals surface area contributed by atoms with Crippen LogP contribution in [0.15, 0.2) is 34.1 Å². The fourth-order valence-electron chi connectivity index (χ4n) is 3.85. The average Bonchev–Trinajstić information content (AvgIpc) is 3.01. The molecular formula is C21H24N4O3S2. The molecule has 2 aromatic heterocycles. The van der Waals surface area contributed by atoms with Gasteiger partial charge in [0, 0.05) is 26.4 Å². The van der Waals surface area contributed by atoms with Crippen LogP contribution in [0.1, 0.15) is 25.3 Å². The maximum absolute atomic E-state index is 13.4. The maximum atomic E-state index is 13.4. The molecule has 1 amide bonds. The van der Waals surface area contributed by atoms with E-state index in [0.29, 0.717) is 45.3 Å². The summed E-state index contributed by atoms with van der Waals surface area (Å²) >= 11 is 6.59. The van der Waals surface area contributed by atoms with Gasteiger partial charge in [-0.15, -0.1) is 0 Å². The SMILES string of the molecule is COCCN1C(=O)/C(=C\c2c(N3CCC[C@@H](C)C3)nc3ccccn3c2=O)SC1=S. The second-order valence-electron chi connectivity index (χ2n) is 7.60. The van der Waals surface area contributed by atoms with Crippen LogP contribution >= 0.6 is 24.0 Å². The number of piperidine rings is 1. The lowest BCUT2D eigenvalue weighted by atomic mass is 10.00. The minimum Gasteiger partial charge on any atom is -0.383 e. The Bertz CT molecular complexity index is 1080. The summed E-state index contributed by atoms with van der Waals surface area (Å²) in [5, 5.41) is 0. The number of anilines is 1. The predicted octanol–water partition coefficient (Wildman–Crippen LogP) is 2.78. The van der Waals surface area contributed by atoms with Gasteiger partial charge in [0.15, 0.2) is 0 Å². The number of amides is 1. The highest BCUT2D eigenvalue weighted by atomic mass is 32.2. The highest BCUT2D eigenvalue weighted by Crippen LogP contribution is 2.34. The van der Waals surface area contributed by atoms with Crippen LogP contribution in [0.25, 0.3) is 11.7 Å². The number of thioether (sulfide) groups is 1. The third-order valence-electron chi connectivity index (χ3n) is 5.37. The second-order valence-corrected chi connectivity index (χ2v) is 9.28. The average molecular weight is 445 g/mol. The second kappa shape index (κ2) is 8.87. The molecule has 0 spiro atoms. The summed E-state index contributed by atoms with van der Waals surface area (Å²) in [5.74, 6) is 0.965. The number of carbonyl (C=O) groups is 1. The highest BCUT2D eigenvalue weighted by molar-refractivity contribution is 8.26. The summed E-state index contributed by atoms with van der Waals surface area (Å²) in [6, 6.07) is 5.49. The number of nitrogens with zero attached hydrogens (tertiary/aromatic N) is 4. The van der Waals surface area contributed by atoms with E-state index in [1.54, 1.807) is 25.4 Å². The van der Waals surface area contributed by atoms with Gasteiger partial charge in [-0.25, -0.2) is 4.98 Å². The van der Waals surface area contributed by atoms with E-state index in [9.17, 15) is 9.59 Å². The van der Waals surface area contributed by atoms with Crippen molar-refractivity contribution in [3.8, 4) is 0 Å². The molecule has 0 bridgehead atoms. The minimum absolute atomic E-state index is 0.184. The fraction of sp³-hybridized carbons (Fsp3) is 0.429. The number of aromatic nitrogens is 2. The number of methoxy groups -OCH3 is 1. The molecule has 0 radical (unpaired) electrons. The van der Waals surface area contributed by atoms with Gasteiger partial charge in [-0.05, 0) is 37.0 Å². The number of hydrogen-bond donors (Lipinski definition) is 0. The van der Waals surface area contributed by atoms with Gasteiger partial charge in [0.25, 0.3) is 11.5 Å². The lowest BCUT2D eigenvalue weighted by molar-refractivity contribution is -0.122. The van der Waals surface area contributed by atoms with Crippen LogP contribution in [0.3, 0.4) is 0 Å². The molecule has 0 N–H and O–H groups in total. The van der Waals surface area contributed by atoms with E-state index >= 15 is 0 Å². The van der Waals surface area contributed by atoms with Crippen molar-refractivity contribution >= 4 is 51.7 Å². The highest BCUT2D eigenvalue weighted by Gasteiger charge is 2.33. The molecule has 7 nitrogen and oxygen atoms in total. The molecule has 9 heteroatoms. The number of thiocarbonyl (C=S) groups is 1. The van der Waals surface area contributed by atoms with Crippen molar-refractivity contribution in [2.45, 2.75) is 19.8 Å². The number of fused-ring (bicyclic) bond motifs is 1. The molecule has 4 rings (SSSR count). The van der Waals surface area contributed by atoms with E-state index in [-0.39, 0.29) is 11.5 Å². The van der Waals surface area contributed by atoms with Crippen molar-refractivity contribution in [2.75, 3.05) is 38.3 Å². The topological polar surface area (TPSA) is 67.2 Å². The molecule has 0 aliphatic carbocycles. The number of carbonyl (C=O) groups excluding carboxylic acids is 1. The van der Waals surface area contributed by atoms with Crippen LogP contribution < -0.4 is 10.5 Å². The van der Waals surface area contributed by atoms with Crippen LogP contribution in [0.4, 0.5) is 5.82 Å². The number of ether oxygens (including phenoxy) is 1. The lowest BCUT2D eigenvalue weighted by Crippen LogP contribution is -2.37. The molecule has 2 fully saturated rings. The Morgan fingerprint density at radius 3 is 2.97 bits per heavy atom. The molecule has 2 saturated heterocycles. The predicted molar refractivity (Wildman–Crippen MR) is 124 cm³/mol. The minimum atomic E-state index is -0.197. The van der Waals surface area contributed by atoms with E-state index in [4.69, 9.17) is 21.9 Å². The summed E-state index contributed by atoms with van der Waals surface area (Å²) < 4.78 is 7.08. The number of rotatable bonds is 5. The van der Waals surface area contributed by atoms with Crippen molar-refractivity contribution < 1.29 is 9.53 Å². The molecule has 1 atom stereocenters. The third kappa shape index (κ3) is 4.01. The summed E-state index contributed by atoms with van der Waals surface area (Å²) in [6.07, 6.45) is 5.58. The zero-order valence-corrected chi connectivity index (χ0v) is 18.7. The molecule has 2 aliphatic rings. The Morgan fingerprint density at radius 1 is 1.37 bits per heavy atom. The third-order valence-corrected chi connectivity index (χ3v) is 6.75. The number of pyridine rings is 1. The first-order valence-electron chi connectivity index (χ1n) is 10.00. The van der Waals surface area contributed by atoms with Gasteiger partial charge in [0.1, 0.15) is 15.8 Å². The monoisotopic (exact) mass is 444 g/mol. The normalized spacial score (nSPS) is 21.3. The van der Waals surface area contributed by atoms with Crippen molar-refractivity contribution in [3.05, 3.63) is 45.2 Å². The zero-order chi connectivity index (χ0) is 21.3. The summed E-state index contributed by atoms with van der Waals surface area (Å²) in [4.78, 5) is 35.2. The summed E-state index contributed by atoms with van der Waals surface area (Å²) in [6.45, 7) is 4.68. The van der Waals surface area contributed by atoms with Crippen LogP contribution in [0.2, 0.25) is 0 Å². The molecule has 0 unspecified atom stereocenters. The maximum Gasteiger partial charge on any atom is 0.267 e. The molecule has 30 heavy (non-hydrogen) atoms. The molecule has 158 valence electrons. The Labute approximate surface area is 184 Å². The molecule has 4 heterocycles. The smallest absolute Gasteiger partial charge is 0.267 e. The van der Waals surface area contributed by atoms with E-state index in [2.05, 4.69) is 11.8 Å². The Kier molecular flexibility index (Phi) is 6.21. The van der Waals surface area contributed by atoms with Crippen molar-refractivity contribution in [3.63, 3.8) is 0 Å². The summed E-state index contributed by atoms with van der Waals surface area (Å²) in [5.41, 5.74) is 0.844. The van der Waals surface area contributed by atoms with Gasteiger partial charge in [-0.2, -0.15) is 0 Å². The molecule has 2 aliphatic heterocycles. The van der Waals surface area contributed by atoms with Gasteiger partial charge in [0.2, 0.25) is 0 Å². The van der Waals surface area contributed by atoms with Crippen molar-refractivity contribution in [2.24, 2.45) is 5.92 Å². The first-order valence-corrected chi connectivity index (χ1v) is 11.2. The van der Waals surface area contributed by atoms with Gasteiger partial charge in [0.05, 0.1) is 23.6 Å². The summed E-state index contributed by atoms with van der Waals surface area (Å²) in [7, 11) is 1.58. The van der Waals surface area contributed by atoms with Gasteiger partial charge >= 0.3 is 0 Å². The number of hydrogen-bond acceptors (Lipinski definition) is 7. The first kappa shape index (κ1) is 21.0. The molecular weight excluding hydrogens is 420 g/mol. The first-order chi connectivity index (χ1) is 14.5. The standard InChI is InChI=1S/C21H24N4O3S2/c1-14-6-5-8-23(13-14)18-15(19(26)24-9-4-3-7-17(24)22-18)12-16-20(27)25(10-11-28-2)21(29)30-16/h3-4,7,9,12,14H,5-6,8,10-11,13H2,1-2H3/b16-12+/t14-/m1/s1. The molecule has 2 aromatic rings. The fourth-order valence-corrected chi connectivity index (χ4v) is 5.14.